The van der Waals surface area contributed by atoms with Crippen molar-refractivity contribution in [2.24, 2.45) is 0 Å². The zero-order valence-electron chi connectivity index (χ0n) is 14.1. The highest BCUT2D eigenvalue weighted by atomic mass is 32.1. The fourth-order valence-electron chi connectivity index (χ4n) is 2.77. The number of phenols is 1. The van der Waals surface area contributed by atoms with E-state index in [4.69, 9.17) is 5.11 Å². The number of nitrogens with one attached hydrogen (secondary N) is 1. The SMILES string of the molecule is O=C(O)Cc1ccc(-c2cc3ncnc(Nc4cccc(O)c4)c3s2)cc1. The molecule has 0 aliphatic heterocycles. The number of carboxylic acid groups (broad SMARTS) is 1. The molecule has 4 rings (SSSR count). The van der Waals surface area contributed by atoms with Gasteiger partial charge in [0, 0.05) is 16.6 Å². The van der Waals surface area contributed by atoms with E-state index in [2.05, 4.69) is 15.3 Å². The molecule has 0 saturated carbocycles. The monoisotopic (exact) mass is 377 g/mol. The van der Waals surface area contributed by atoms with Crippen LogP contribution >= 0.6 is 11.3 Å². The summed E-state index contributed by atoms with van der Waals surface area (Å²) >= 11 is 1.55. The number of fused-ring (bicyclic) bond motifs is 1. The molecular formula is C20H15N3O3S. The number of benzene rings is 2. The fraction of sp³-hybridized carbons (Fsp3) is 0.0500. The third kappa shape index (κ3) is 3.73. The summed E-state index contributed by atoms with van der Waals surface area (Å²) in [7, 11) is 0. The maximum absolute atomic E-state index is 10.8. The van der Waals surface area contributed by atoms with E-state index < -0.39 is 5.97 Å². The van der Waals surface area contributed by atoms with E-state index in [0.717, 1.165) is 31.9 Å². The molecule has 134 valence electrons. The summed E-state index contributed by atoms with van der Waals surface area (Å²) in [5.41, 5.74) is 3.32. The summed E-state index contributed by atoms with van der Waals surface area (Å²) in [6.45, 7) is 0. The molecule has 0 aliphatic carbocycles. The number of rotatable bonds is 5. The molecule has 7 heteroatoms. The summed E-state index contributed by atoms with van der Waals surface area (Å²) in [4.78, 5) is 20.5. The highest BCUT2D eigenvalue weighted by Gasteiger charge is 2.11. The number of hydrogen-bond donors (Lipinski definition) is 3. The van der Waals surface area contributed by atoms with Crippen LogP contribution in [0, 0.1) is 0 Å². The van der Waals surface area contributed by atoms with Crippen LogP contribution in [0.2, 0.25) is 0 Å². The third-order valence-corrected chi connectivity index (χ3v) is 5.19. The van der Waals surface area contributed by atoms with Crippen molar-refractivity contribution < 1.29 is 15.0 Å². The van der Waals surface area contributed by atoms with Gasteiger partial charge in [-0.2, -0.15) is 0 Å². The van der Waals surface area contributed by atoms with Gasteiger partial charge in [0.2, 0.25) is 0 Å². The highest BCUT2D eigenvalue weighted by molar-refractivity contribution is 7.22. The first-order valence-electron chi connectivity index (χ1n) is 8.20. The van der Waals surface area contributed by atoms with Gasteiger partial charge in [0.25, 0.3) is 0 Å². The standard InChI is InChI=1S/C20H15N3O3S/c24-15-3-1-2-14(9-15)23-20-19-16(21-11-22-20)10-17(27-19)13-6-4-12(5-7-13)8-18(25)26/h1-7,9-11,24H,8H2,(H,25,26)(H,21,22,23). The Morgan fingerprint density at radius 3 is 2.63 bits per heavy atom. The van der Waals surface area contributed by atoms with E-state index >= 15 is 0 Å². The number of nitrogens with zero attached hydrogens (tertiary/aromatic N) is 2. The summed E-state index contributed by atoms with van der Waals surface area (Å²) in [6, 6.07) is 16.3. The van der Waals surface area contributed by atoms with E-state index in [1.165, 1.54) is 6.33 Å². The Labute approximate surface area is 158 Å². The normalized spacial score (nSPS) is 10.8. The van der Waals surface area contributed by atoms with Gasteiger partial charge in [-0.05, 0) is 29.3 Å². The van der Waals surface area contributed by atoms with Gasteiger partial charge in [-0.25, -0.2) is 9.97 Å². The molecule has 2 aromatic carbocycles. The van der Waals surface area contributed by atoms with Crippen LogP contribution in [0.5, 0.6) is 5.75 Å². The lowest BCUT2D eigenvalue weighted by atomic mass is 10.1. The molecule has 0 unspecified atom stereocenters. The summed E-state index contributed by atoms with van der Waals surface area (Å²) in [5.74, 6) is 0.00511. The number of carbonyl (C=O) groups is 1. The molecule has 0 fully saturated rings. The Morgan fingerprint density at radius 2 is 1.89 bits per heavy atom. The predicted molar refractivity (Wildman–Crippen MR) is 106 cm³/mol. The second-order valence-corrected chi connectivity index (χ2v) is 7.04. The van der Waals surface area contributed by atoms with Crippen LogP contribution in [0.3, 0.4) is 0 Å². The number of phenolic OH excluding ortho intramolecular Hbond substituents is 1. The van der Waals surface area contributed by atoms with Gasteiger partial charge in [-0.3, -0.25) is 4.79 Å². The largest absolute Gasteiger partial charge is 0.508 e. The number of aliphatic carboxylic acids is 1. The predicted octanol–water partition coefficient (Wildman–Crippen LogP) is 4.43. The molecule has 0 atom stereocenters. The molecule has 6 nitrogen and oxygen atoms in total. The number of aromatic hydroxyl groups is 1. The summed E-state index contributed by atoms with van der Waals surface area (Å²) in [6.07, 6.45) is 1.51. The van der Waals surface area contributed by atoms with E-state index in [9.17, 15) is 9.90 Å². The Morgan fingerprint density at radius 1 is 1.07 bits per heavy atom. The lowest BCUT2D eigenvalue weighted by Crippen LogP contribution is -1.99. The molecule has 0 radical (unpaired) electrons. The average molecular weight is 377 g/mol. The van der Waals surface area contributed by atoms with Gasteiger partial charge in [0.15, 0.2) is 5.82 Å². The molecule has 4 aromatic rings. The first kappa shape index (κ1) is 17.0. The van der Waals surface area contributed by atoms with Crippen LogP contribution in [-0.4, -0.2) is 26.2 Å². The van der Waals surface area contributed by atoms with Crippen molar-refractivity contribution >= 4 is 39.0 Å². The maximum atomic E-state index is 10.8. The molecule has 0 amide bonds. The highest BCUT2D eigenvalue weighted by Crippen LogP contribution is 2.36. The van der Waals surface area contributed by atoms with E-state index in [1.54, 1.807) is 29.5 Å². The van der Waals surface area contributed by atoms with Crippen LogP contribution in [-0.2, 0) is 11.2 Å². The summed E-state index contributed by atoms with van der Waals surface area (Å²) in [5, 5.41) is 21.7. The summed E-state index contributed by atoms with van der Waals surface area (Å²) < 4.78 is 0.908. The van der Waals surface area contributed by atoms with Crippen LogP contribution in [0.1, 0.15) is 5.56 Å². The average Bonchev–Trinajstić information content (AvgIpc) is 3.07. The molecule has 3 N–H and O–H groups in total. The number of carboxylic acids is 1. The van der Waals surface area contributed by atoms with Gasteiger partial charge in [0.1, 0.15) is 12.1 Å². The minimum atomic E-state index is -0.845. The van der Waals surface area contributed by atoms with Crippen molar-refractivity contribution in [3.63, 3.8) is 0 Å². The quantitative estimate of drug-likeness (QED) is 0.476. The van der Waals surface area contributed by atoms with Crippen LogP contribution in [0.4, 0.5) is 11.5 Å². The topological polar surface area (TPSA) is 95.3 Å². The number of aromatic nitrogens is 2. The molecule has 0 spiro atoms. The van der Waals surface area contributed by atoms with E-state index in [-0.39, 0.29) is 12.2 Å². The van der Waals surface area contributed by atoms with Crippen molar-refractivity contribution in [1.82, 2.24) is 9.97 Å². The van der Waals surface area contributed by atoms with Crippen molar-refractivity contribution in [2.75, 3.05) is 5.32 Å². The van der Waals surface area contributed by atoms with E-state index in [0.29, 0.717) is 5.82 Å². The van der Waals surface area contributed by atoms with Gasteiger partial charge in [0.05, 0.1) is 16.6 Å². The first-order valence-corrected chi connectivity index (χ1v) is 9.02. The lowest BCUT2D eigenvalue weighted by Gasteiger charge is -2.06. The molecule has 0 bridgehead atoms. The van der Waals surface area contributed by atoms with Gasteiger partial charge < -0.3 is 15.5 Å². The number of hydrogen-bond acceptors (Lipinski definition) is 6. The molecule has 0 aliphatic rings. The zero-order valence-corrected chi connectivity index (χ0v) is 14.9. The fourth-order valence-corrected chi connectivity index (χ4v) is 3.83. The zero-order chi connectivity index (χ0) is 18.8. The molecule has 2 aromatic heterocycles. The maximum Gasteiger partial charge on any atom is 0.307 e. The third-order valence-electron chi connectivity index (χ3n) is 4.01. The van der Waals surface area contributed by atoms with Crippen LogP contribution < -0.4 is 5.32 Å². The number of thiophene rings is 1. The Bertz CT molecular complexity index is 1120. The second-order valence-electron chi connectivity index (χ2n) is 5.99. The smallest absolute Gasteiger partial charge is 0.307 e. The van der Waals surface area contributed by atoms with Crippen molar-refractivity contribution in [3.05, 3.63) is 66.5 Å². The number of anilines is 2. The molecule has 0 saturated heterocycles. The van der Waals surface area contributed by atoms with Crippen molar-refractivity contribution in [1.29, 1.82) is 0 Å². The molecule has 27 heavy (non-hydrogen) atoms. The van der Waals surface area contributed by atoms with Crippen LogP contribution in [0.25, 0.3) is 20.7 Å². The molecular weight excluding hydrogens is 362 g/mol. The van der Waals surface area contributed by atoms with Gasteiger partial charge in [-0.1, -0.05) is 30.3 Å². The Balaban J connectivity index is 1.67. The van der Waals surface area contributed by atoms with Gasteiger partial charge in [-0.15, -0.1) is 11.3 Å². The minimum Gasteiger partial charge on any atom is -0.508 e. The van der Waals surface area contributed by atoms with Gasteiger partial charge >= 0.3 is 5.97 Å². The minimum absolute atomic E-state index is 0.0101. The molecule has 2 heterocycles. The second kappa shape index (κ2) is 7.05. The Kier molecular flexibility index (Phi) is 4.43. The lowest BCUT2D eigenvalue weighted by molar-refractivity contribution is -0.136. The van der Waals surface area contributed by atoms with Crippen molar-refractivity contribution in [3.8, 4) is 16.2 Å². The van der Waals surface area contributed by atoms with E-state index in [1.807, 2.05) is 36.4 Å². The Hall–Kier alpha value is -3.45. The van der Waals surface area contributed by atoms with Crippen molar-refractivity contribution in [2.45, 2.75) is 6.42 Å². The van der Waals surface area contributed by atoms with Crippen LogP contribution in [0.15, 0.2) is 60.9 Å². The first-order chi connectivity index (χ1) is 13.1.